The van der Waals surface area contributed by atoms with Gasteiger partial charge in [-0.05, 0) is 48.4 Å². The topological polar surface area (TPSA) is 58.6 Å². The van der Waals surface area contributed by atoms with Crippen LogP contribution in [0.25, 0.3) is 0 Å². The quantitative estimate of drug-likeness (QED) is 0.832. The lowest BCUT2D eigenvalue weighted by atomic mass is 9.88. The summed E-state index contributed by atoms with van der Waals surface area (Å²) in [5, 5.41) is 2.92. The van der Waals surface area contributed by atoms with E-state index in [1.54, 1.807) is 42.3 Å². The summed E-state index contributed by atoms with van der Waals surface area (Å²) in [7, 11) is 1.57. The van der Waals surface area contributed by atoms with E-state index >= 15 is 0 Å². The van der Waals surface area contributed by atoms with Crippen molar-refractivity contribution in [2.24, 2.45) is 5.92 Å². The van der Waals surface area contributed by atoms with Gasteiger partial charge < -0.3 is 15.0 Å². The van der Waals surface area contributed by atoms with Gasteiger partial charge in [0.05, 0.1) is 13.0 Å². The molecule has 0 unspecified atom stereocenters. The number of hydrogen-bond acceptors (Lipinski definition) is 3. The van der Waals surface area contributed by atoms with Gasteiger partial charge in [-0.1, -0.05) is 19.1 Å². The maximum Gasteiger partial charge on any atom is 0.253 e. The summed E-state index contributed by atoms with van der Waals surface area (Å²) in [6.07, 6.45) is 0.831. The molecule has 2 aromatic carbocycles. The second-order valence-electron chi connectivity index (χ2n) is 7.00. The summed E-state index contributed by atoms with van der Waals surface area (Å²) < 4.78 is 18.9. The first-order chi connectivity index (χ1) is 13.5. The number of likely N-dealkylation sites (tertiary alicyclic amines) is 1. The number of rotatable bonds is 6. The molecular formula is C22H25FN2O3. The molecule has 1 N–H and O–H groups in total. The van der Waals surface area contributed by atoms with Crippen molar-refractivity contribution in [3.63, 3.8) is 0 Å². The number of nitrogens with one attached hydrogen (secondary N) is 1. The van der Waals surface area contributed by atoms with Crippen LogP contribution in [0.15, 0.2) is 48.5 Å². The molecule has 2 atom stereocenters. The third-order valence-electron chi connectivity index (χ3n) is 5.11. The Hall–Kier alpha value is -2.89. The molecule has 0 aromatic heterocycles. The average Bonchev–Trinajstić information content (AvgIpc) is 3.17. The standard InChI is InChI=1S/C22H25FN2O3/c1-3-11-24-21(26)20-14-25(13-19(20)16-5-4-6-17(23)12-16)22(27)15-7-9-18(28-2)10-8-15/h4-10,12,19-20H,3,11,13-14H2,1-2H3,(H,24,26)/t19-,20-/m1/s1. The number of carbonyl (C=O) groups is 2. The van der Waals surface area contributed by atoms with Crippen LogP contribution in [0, 0.1) is 11.7 Å². The van der Waals surface area contributed by atoms with Crippen LogP contribution < -0.4 is 10.1 Å². The van der Waals surface area contributed by atoms with Gasteiger partial charge in [-0.2, -0.15) is 0 Å². The molecule has 0 saturated carbocycles. The van der Waals surface area contributed by atoms with Crippen molar-refractivity contribution in [3.05, 3.63) is 65.5 Å². The lowest BCUT2D eigenvalue weighted by Crippen LogP contribution is -2.36. The lowest BCUT2D eigenvalue weighted by Gasteiger charge is -2.18. The number of amides is 2. The molecule has 0 radical (unpaired) electrons. The molecule has 5 nitrogen and oxygen atoms in total. The molecule has 1 saturated heterocycles. The van der Waals surface area contributed by atoms with Crippen LogP contribution in [-0.2, 0) is 4.79 Å². The minimum Gasteiger partial charge on any atom is -0.497 e. The molecule has 0 bridgehead atoms. The van der Waals surface area contributed by atoms with E-state index in [-0.39, 0.29) is 23.5 Å². The Kier molecular flexibility index (Phi) is 6.29. The van der Waals surface area contributed by atoms with Crippen molar-refractivity contribution in [2.75, 3.05) is 26.7 Å². The molecule has 0 spiro atoms. The van der Waals surface area contributed by atoms with Crippen molar-refractivity contribution in [1.29, 1.82) is 0 Å². The number of carbonyl (C=O) groups excluding carboxylic acids is 2. The first-order valence-corrected chi connectivity index (χ1v) is 9.50. The number of methoxy groups -OCH3 is 1. The highest BCUT2D eigenvalue weighted by molar-refractivity contribution is 5.95. The maximum atomic E-state index is 13.8. The van der Waals surface area contributed by atoms with Gasteiger partial charge in [-0.3, -0.25) is 9.59 Å². The van der Waals surface area contributed by atoms with E-state index in [1.807, 2.05) is 13.0 Å². The Morgan fingerprint density at radius 1 is 1.18 bits per heavy atom. The normalized spacial score (nSPS) is 18.8. The summed E-state index contributed by atoms with van der Waals surface area (Å²) in [5.74, 6) is -0.557. The van der Waals surface area contributed by atoms with E-state index in [4.69, 9.17) is 4.74 Å². The molecule has 1 aliphatic rings. The monoisotopic (exact) mass is 384 g/mol. The van der Waals surface area contributed by atoms with Crippen molar-refractivity contribution in [2.45, 2.75) is 19.3 Å². The van der Waals surface area contributed by atoms with Gasteiger partial charge in [0, 0.05) is 31.1 Å². The molecular weight excluding hydrogens is 359 g/mol. The zero-order valence-corrected chi connectivity index (χ0v) is 16.2. The first-order valence-electron chi connectivity index (χ1n) is 9.50. The largest absolute Gasteiger partial charge is 0.497 e. The van der Waals surface area contributed by atoms with E-state index in [9.17, 15) is 14.0 Å². The third-order valence-corrected chi connectivity index (χ3v) is 5.11. The third kappa shape index (κ3) is 4.32. The fourth-order valence-electron chi connectivity index (χ4n) is 3.61. The second kappa shape index (κ2) is 8.87. The van der Waals surface area contributed by atoms with Crippen molar-refractivity contribution in [3.8, 4) is 5.75 Å². The molecule has 28 heavy (non-hydrogen) atoms. The van der Waals surface area contributed by atoms with Gasteiger partial charge in [-0.25, -0.2) is 4.39 Å². The lowest BCUT2D eigenvalue weighted by molar-refractivity contribution is -0.124. The maximum absolute atomic E-state index is 13.8. The number of hydrogen-bond donors (Lipinski definition) is 1. The molecule has 6 heteroatoms. The van der Waals surface area contributed by atoms with E-state index in [2.05, 4.69) is 5.32 Å². The van der Waals surface area contributed by atoms with Crippen LogP contribution in [-0.4, -0.2) is 43.5 Å². The van der Waals surface area contributed by atoms with Gasteiger partial charge >= 0.3 is 0 Å². The molecule has 3 rings (SSSR count). The van der Waals surface area contributed by atoms with E-state index in [1.165, 1.54) is 12.1 Å². The van der Waals surface area contributed by atoms with Crippen LogP contribution in [0.3, 0.4) is 0 Å². The Morgan fingerprint density at radius 3 is 2.57 bits per heavy atom. The highest BCUT2D eigenvalue weighted by Crippen LogP contribution is 2.34. The summed E-state index contributed by atoms with van der Waals surface area (Å²) in [6.45, 7) is 3.25. The Bertz CT molecular complexity index is 838. The van der Waals surface area contributed by atoms with Gasteiger partial charge in [0.1, 0.15) is 11.6 Å². The van der Waals surface area contributed by atoms with E-state index in [0.717, 1.165) is 12.0 Å². The molecule has 2 aromatic rings. The van der Waals surface area contributed by atoms with Gasteiger partial charge in [0.2, 0.25) is 5.91 Å². The van der Waals surface area contributed by atoms with Crippen LogP contribution in [0.2, 0.25) is 0 Å². The van der Waals surface area contributed by atoms with Crippen molar-refractivity contribution >= 4 is 11.8 Å². The Balaban J connectivity index is 1.83. The van der Waals surface area contributed by atoms with Gasteiger partial charge in [0.25, 0.3) is 5.91 Å². The zero-order valence-electron chi connectivity index (χ0n) is 16.2. The molecule has 0 aliphatic carbocycles. The van der Waals surface area contributed by atoms with E-state index in [0.29, 0.717) is 30.9 Å². The van der Waals surface area contributed by atoms with Crippen LogP contribution >= 0.6 is 0 Å². The van der Waals surface area contributed by atoms with Crippen LogP contribution in [0.5, 0.6) is 5.75 Å². The molecule has 2 amide bonds. The first kappa shape index (κ1) is 19.9. The minimum absolute atomic E-state index is 0.0962. The van der Waals surface area contributed by atoms with Gasteiger partial charge in [-0.15, -0.1) is 0 Å². The summed E-state index contributed by atoms with van der Waals surface area (Å²) in [4.78, 5) is 27.3. The Labute approximate surface area is 164 Å². The summed E-state index contributed by atoms with van der Waals surface area (Å²) >= 11 is 0. The number of ether oxygens (including phenoxy) is 1. The van der Waals surface area contributed by atoms with E-state index < -0.39 is 5.92 Å². The molecule has 148 valence electrons. The van der Waals surface area contributed by atoms with Gasteiger partial charge in [0.15, 0.2) is 0 Å². The van der Waals surface area contributed by atoms with Crippen molar-refractivity contribution in [1.82, 2.24) is 10.2 Å². The predicted molar refractivity (Wildman–Crippen MR) is 105 cm³/mol. The molecule has 1 aliphatic heterocycles. The number of nitrogens with zero attached hydrogens (tertiary/aromatic N) is 1. The minimum atomic E-state index is -0.407. The average molecular weight is 384 g/mol. The fourth-order valence-corrected chi connectivity index (χ4v) is 3.61. The number of halogens is 1. The highest BCUT2D eigenvalue weighted by atomic mass is 19.1. The predicted octanol–water partition coefficient (Wildman–Crippen LogP) is 3.22. The zero-order chi connectivity index (χ0) is 20.1. The highest BCUT2D eigenvalue weighted by Gasteiger charge is 2.40. The Morgan fingerprint density at radius 2 is 1.93 bits per heavy atom. The SMILES string of the molecule is CCCNC(=O)[C@@H]1CN(C(=O)c2ccc(OC)cc2)C[C@@H]1c1cccc(F)c1. The molecule has 1 fully saturated rings. The summed E-state index contributed by atoms with van der Waals surface area (Å²) in [5.41, 5.74) is 1.27. The second-order valence-corrected chi connectivity index (χ2v) is 7.00. The van der Waals surface area contributed by atoms with Crippen molar-refractivity contribution < 1.29 is 18.7 Å². The van der Waals surface area contributed by atoms with Crippen LogP contribution in [0.4, 0.5) is 4.39 Å². The summed E-state index contributed by atoms with van der Waals surface area (Å²) in [6, 6.07) is 13.2. The van der Waals surface area contributed by atoms with Crippen LogP contribution in [0.1, 0.15) is 35.2 Å². The smallest absolute Gasteiger partial charge is 0.253 e. The molecule has 1 heterocycles. The fraction of sp³-hybridized carbons (Fsp3) is 0.364. The number of benzene rings is 2.